The van der Waals surface area contributed by atoms with Crippen molar-refractivity contribution >= 4 is 30.5 Å². The Morgan fingerprint density at radius 2 is 1.93 bits per heavy atom. The fourth-order valence-electron chi connectivity index (χ4n) is 1.80. The third kappa shape index (κ3) is 2.77. The Balaban J connectivity index is 0.000000845. The Hall–Kier alpha value is -0.440. The van der Waals surface area contributed by atoms with Gasteiger partial charge in [0.25, 0.3) is 0 Å². The van der Waals surface area contributed by atoms with Gasteiger partial charge in [-0.3, -0.25) is 0 Å². The number of benzene rings is 1. The van der Waals surface area contributed by atoms with Crippen LogP contribution in [0.1, 0.15) is 17.9 Å². The van der Waals surface area contributed by atoms with Gasteiger partial charge in [-0.15, -0.1) is 24.8 Å². The molecule has 14 heavy (non-hydrogen) atoms. The normalized spacial score (nSPS) is 19.6. The second-order valence-electron chi connectivity index (χ2n) is 3.32. The number of para-hydroxylation sites is 1. The molecule has 0 spiro atoms. The Bertz CT molecular complexity index is 273. The predicted octanol–water partition coefficient (Wildman–Crippen LogP) is 2.19. The zero-order valence-electron chi connectivity index (χ0n) is 7.90. The van der Waals surface area contributed by atoms with Crippen LogP contribution in [0.5, 0.6) is 0 Å². The lowest BCUT2D eigenvalue weighted by Crippen LogP contribution is -2.09. The first-order valence-electron chi connectivity index (χ1n) is 4.43. The molecule has 1 heterocycles. The molecule has 1 aliphatic rings. The van der Waals surface area contributed by atoms with Gasteiger partial charge in [0.05, 0.1) is 0 Å². The van der Waals surface area contributed by atoms with E-state index in [2.05, 4.69) is 17.4 Å². The van der Waals surface area contributed by atoms with E-state index in [9.17, 15) is 0 Å². The van der Waals surface area contributed by atoms with Gasteiger partial charge in [-0.2, -0.15) is 0 Å². The van der Waals surface area contributed by atoms with Crippen LogP contribution in [0.3, 0.4) is 0 Å². The highest BCUT2D eigenvalue weighted by molar-refractivity contribution is 5.85. The minimum atomic E-state index is 0. The molecule has 0 bridgehead atoms. The Labute approximate surface area is 97.1 Å². The van der Waals surface area contributed by atoms with Crippen molar-refractivity contribution in [1.29, 1.82) is 0 Å². The predicted molar refractivity (Wildman–Crippen MR) is 65.6 cm³/mol. The molecule has 2 rings (SSSR count). The molecular formula is C10H16Cl2N2. The SMILES string of the molecule is Cl.Cl.Nc1ccccc1C1CCNC1. The van der Waals surface area contributed by atoms with Crippen LogP contribution in [0.25, 0.3) is 0 Å². The van der Waals surface area contributed by atoms with Crippen LogP contribution in [0.2, 0.25) is 0 Å². The molecule has 0 aliphatic carbocycles. The van der Waals surface area contributed by atoms with Gasteiger partial charge in [0.15, 0.2) is 0 Å². The van der Waals surface area contributed by atoms with Crippen LogP contribution < -0.4 is 11.1 Å². The lowest BCUT2D eigenvalue weighted by Gasteiger charge is -2.10. The van der Waals surface area contributed by atoms with Gasteiger partial charge in [0, 0.05) is 12.2 Å². The zero-order chi connectivity index (χ0) is 8.39. The van der Waals surface area contributed by atoms with Crippen LogP contribution in [0.15, 0.2) is 24.3 Å². The first-order valence-corrected chi connectivity index (χ1v) is 4.43. The molecule has 0 amide bonds. The van der Waals surface area contributed by atoms with E-state index in [0.717, 1.165) is 18.8 Å². The van der Waals surface area contributed by atoms with Gasteiger partial charge in [-0.25, -0.2) is 0 Å². The van der Waals surface area contributed by atoms with E-state index in [1.54, 1.807) is 0 Å². The molecule has 1 saturated heterocycles. The zero-order valence-corrected chi connectivity index (χ0v) is 9.53. The summed E-state index contributed by atoms with van der Waals surface area (Å²) < 4.78 is 0. The lowest BCUT2D eigenvalue weighted by molar-refractivity contribution is 0.766. The molecule has 1 aromatic rings. The number of nitrogens with one attached hydrogen (secondary N) is 1. The fraction of sp³-hybridized carbons (Fsp3) is 0.400. The summed E-state index contributed by atoms with van der Waals surface area (Å²) >= 11 is 0. The summed E-state index contributed by atoms with van der Waals surface area (Å²) in [5, 5.41) is 3.34. The molecule has 0 radical (unpaired) electrons. The highest BCUT2D eigenvalue weighted by Crippen LogP contribution is 2.26. The van der Waals surface area contributed by atoms with Crippen molar-refractivity contribution in [3.63, 3.8) is 0 Å². The summed E-state index contributed by atoms with van der Waals surface area (Å²) in [6, 6.07) is 8.16. The maximum atomic E-state index is 5.87. The largest absolute Gasteiger partial charge is 0.398 e. The van der Waals surface area contributed by atoms with Crippen molar-refractivity contribution in [2.45, 2.75) is 12.3 Å². The minimum absolute atomic E-state index is 0. The molecular weight excluding hydrogens is 219 g/mol. The summed E-state index contributed by atoms with van der Waals surface area (Å²) in [6.07, 6.45) is 1.22. The van der Waals surface area contributed by atoms with E-state index in [4.69, 9.17) is 5.73 Å². The highest BCUT2D eigenvalue weighted by Gasteiger charge is 2.17. The standard InChI is InChI=1S/C10H14N2.2ClH/c11-10-4-2-1-3-9(10)8-5-6-12-7-8;;/h1-4,8,12H,5-7,11H2;2*1H. The van der Waals surface area contributed by atoms with Crippen molar-refractivity contribution in [3.05, 3.63) is 29.8 Å². The van der Waals surface area contributed by atoms with Gasteiger partial charge in [-0.05, 0) is 30.5 Å². The number of hydrogen-bond donors (Lipinski definition) is 2. The van der Waals surface area contributed by atoms with Crippen LogP contribution in [-0.4, -0.2) is 13.1 Å². The van der Waals surface area contributed by atoms with E-state index >= 15 is 0 Å². The molecule has 1 fully saturated rings. The van der Waals surface area contributed by atoms with Gasteiger partial charge in [0.1, 0.15) is 0 Å². The van der Waals surface area contributed by atoms with Gasteiger partial charge >= 0.3 is 0 Å². The second kappa shape index (κ2) is 6.12. The summed E-state index contributed by atoms with van der Waals surface area (Å²) in [6.45, 7) is 2.20. The molecule has 1 aromatic carbocycles. The summed E-state index contributed by atoms with van der Waals surface area (Å²) in [7, 11) is 0. The molecule has 80 valence electrons. The average Bonchev–Trinajstić information content (AvgIpc) is 2.57. The highest BCUT2D eigenvalue weighted by atomic mass is 35.5. The molecule has 4 heteroatoms. The molecule has 2 nitrogen and oxygen atoms in total. The van der Waals surface area contributed by atoms with Gasteiger partial charge in [-0.1, -0.05) is 18.2 Å². The molecule has 0 saturated carbocycles. The quantitative estimate of drug-likeness (QED) is 0.732. The number of rotatable bonds is 1. The molecule has 3 N–H and O–H groups in total. The topological polar surface area (TPSA) is 38.0 Å². The first kappa shape index (κ1) is 13.6. The minimum Gasteiger partial charge on any atom is -0.398 e. The van der Waals surface area contributed by atoms with Crippen molar-refractivity contribution in [3.8, 4) is 0 Å². The number of halogens is 2. The maximum absolute atomic E-state index is 5.87. The van der Waals surface area contributed by atoms with Crippen molar-refractivity contribution < 1.29 is 0 Å². The molecule has 1 atom stereocenters. The van der Waals surface area contributed by atoms with E-state index in [0.29, 0.717) is 5.92 Å². The maximum Gasteiger partial charge on any atom is 0.0349 e. The van der Waals surface area contributed by atoms with Crippen LogP contribution in [0.4, 0.5) is 5.69 Å². The smallest absolute Gasteiger partial charge is 0.0349 e. The molecule has 0 aromatic heterocycles. The lowest BCUT2D eigenvalue weighted by atomic mass is 9.97. The van der Waals surface area contributed by atoms with Crippen LogP contribution in [-0.2, 0) is 0 Å². The third-order valence-electron chi connectivity index (χ3n) is 2.50. The number of anilines is 1. The monoisotopic (exact) mass is 234 g/mol. The van der Waals surface area contributed by atoms with E-state index < -0.39 is 0 Å². The van der Waals surface area contributed by atoms with Gasteiger partial charge < -0.3 is 11.1 Å². The van der Waals surface area contributed by atoms with E-state index in [1.165, 1.54) is 12.0 Å². The Kier molecular flexibility index (Phi) is 5.93. The number of hydrogen-bond acceptors (Lipinski definition) is 2. The molecule has 1 unspecified atom stereocenters. The first-order chi connectivity index (χ1) is 5.88. The fourth-order valence-corrected chi connectivity index (χ4v) is 1.80. The van der Waals surface area contributed by atoms with E-state index in [-0.39, 0.29) is 24.8 Å². The van der Waals surface area contributed by atoms with Gasteiger partial charge in [0.2, 0.25) is 0 Å². The second-order valence-corrected chi connectivity index (χ2v) is 3.32. The average molecular weight is 235 g/mol. The van der Waals surface area contributed by atoms with Crippen molar-refractivity contribution in [1.82, 2.24) is 5.32 Å². The van der Waals surface area contributed by atoms with Crippen molar-refractivity contribution in [2.75, 3.05) is 18.8 Å². The Morgan fingerprint density at radius 3 is 2.50 bits per heavy atom. The van der Waals surface area contributed by atoms with Crippen LogP contribution in [0, 0.1) is 0 Å². The van der Waals surface area contributed by atoms with Crippen LogP contribution >= 0.6 is 24.8 Å². The summed E-state index contributed by atoms with van der Waals surface area (Å²) in [5.41, 5.74) is 8.12. The van der Waals surface area contributed by atoms with E-state index in [1.807, 2.05) is 12.1 Å². The molecule has 1 aliphatic heterocycles. The number of nitrogens with two attached hydrogens (primary N) is 1. The van der Waals surface area contributed by atoms with Crippen molar-refractivity contribution in [2.24, 2.45) is 0 Å². The Morgan fingerprint density at radius 1 is 1.21 bits per heavy atom. The summed E-state index contributed by atoms with van der Waals surface area (Å²) in [5.74, 6) is 0.631. The summed E-state index contributed by atoms with van der Waals surface area (Å²) in [4.78, 5) is 0. The number of nitrogen functional groups attached to an aromatic ring is 1. The third-order valence-corrected chi connectivity index (χ3v) is 2.50.